The van der Waals surface area contributed by atoms with Crippen LogP contribution in [-0.2, 0) is 9.53 Å². The fraction of sp³-hybridized carbons (Fsp3) is 0.529. The Bertz CT molecular complexity index is 750. The molecule has 9 nitrogen and oxygen atoms in total. The van der Waals surface area contributed by atoms with Crippen LogP contribution in [0.5, 0.6) is 0 Å². The van der Waals surface area contributed by atoms with Crippen molar-refractivity contribution in [2.75, 3.05) is 37.6 Å². The SMILES string of the molecule is CC(C)(C)OC(=O)NCC(=O)N1CCN(c2ccc(N=[N+]=[N-])cc2F)CC1. The van der Waals surface area contributed by atoms with Crippen LogP contribution in [-0.4, -0.2) is 55.2 Å². The van der Waals surface area contributed by atoms with E-state index in [-0.39, 0.29) is 18.1 Å². The topological polar surface area (TPSA) is 111 Å². The largest absolute Gasteiger partial charge is 0.444 e. The van der Waals surface area contributed by atoms with Gasteiger partial charge < -0.3 is 19.9 Å². The highest BCUT2D eigenvalue weighted by atomic mass is 19.1. The van der Waals surface area contributed by atoms with Crippen LogP contribution in [0.3, 0.4) is 0 Å². The van der Waals surface area contributed by atoms with Crippen molar-refractivity contribution in [1.82, 2.24) is 10.2 Å². The third kappa shape index (κ3) is 6.03. The number of benzene rings is 1. The third-order valence-electron chi connectivity index (χ3n) is 3.85. The van der Waals surface area contributed by atoms with Gasteiger partial charge in [0.1, 0.15) is 18.0 Å². The van der Waals surface area contributed by atoms with Crippen molar-refractivity contribution in [2.24, 2.45) is 5.11 Å². The van der Waals surface area contributed by atoms with Gasteiger partial charge >= 0.3 is 6.09 Å². The Morgan fingerprint density at radius 1 is 1.30 bits per heavy atom. The minimum absolute atomic E-state index is 0.149. The number of piperazine rings is 1. The molecule has 0 aliphatic carbocycles. The van der Waals surface area contributed by atoms with Gasteiger partial charge in [0.2, 0.25) is 5.91 Å². The van der Waals surface area contributed by atoms with Gasteiger partial charge in [-0.05, 0) is 38.4 Å². The average Bonchev–Trinajstić information content (AvgIpc) is 2.59. The molecule has 0 atom stereocenters. The van der Waals surface area contributed by atoms with Gasteiger partial charge in [-0.3, -0.25) is 4.79 Å². The van der Waals surface area contributed by atoms with Gasteiger partial charge in [-0.15, -0.1) is 0 Å². The van der Waals surface area contributed by atoms with E-state index in [2.05, 4.69) is 15.3 Å². The number of nitrogens with zero attached hydrogens (tertiary/aromatic N) is 5. The molecule has 0 saturated carbocycles. The highest BCUT2D eigenvalue weighted by molar-refractivity contribution is 5.82. The highest BCUT2D eigenvalue weighted by Crippen LogP contribution is 2.25. The Hall–Kier alpha value is -3.00. The zero-order valence-electron chi connectivity index (χ0n) is 15.6. The summed E-state index contributed by atoms with van der Waals surface area (Å²) in [6.07, 6.45) is -0.642. The molecule has 1 aliphatic heterocycles. The molecule has 1 aliphatic rings. The molecule has 1 aromatic rings. The van der Waals surface area contributed by atoms with Crippen LogP contribution in [0.4, 0.5) is 20.6 Å². The first-order valence-electron chi connectivity index (χ1n) is 8.54. The van der Waals surface area contributed by atoms with Crippen LogP contribution in [0, 0.1) is 5.82 Å². The summed E-state index contributed by atoms with van der Waals surface area (Å²) < 4.78 is 19.3. The quantitative estimate of drug-likeness (QED) is 0.493. The minimum atomic E-state index is -0.642. The van der Waals surface area contributed by atoms with Gasteiger partial charge in [-0.25, -0.2) is 9.18 Å². The van der Waals surface area contributed by atoms with Gasteiger partial charge in [0.25, 0.3) is 0 Å². The Morgan fingerprint density at radius 3 is 2.52 bits per heavy atom. The molecule has 27 heavy (non-hydrogen) atoms. The molecule has 2 amide bonds. The fourth-order valence-electron chi connectivity index (χ4n) is 2.64. The predicted octanol–water partition coefficient (Wildman–Crippen LogP) is 2.94. The van der Waals surface area contributed by atoms with Crippen molar-refractivity contribution in [1.29, 1.82) is 0 Å². The molecule has 1 N–H and O–H groups in total. The maximum atomic E-state index is 14.2. The molecule has 1 fully saturated rings. The molecule has 0 aromatic heterocycles. The molecule has 2 rings (SSSR count). The first-order valence-corrected chi connectivity index (χ1v) is 8.54. The van der Waals surface area contributed by atoms with Crippen molar-refractivity contribution in [3.05, 3.63) is 34.5 Å². The molecule has 0 spiro atoms. The smallest absolute Gasteiger partial charge is 0.408 e. The second-order valence-corrected chi connectivity index (χ2v) is 7.05. The number of carbonyl (C=O) groups excluding carboxylic acids is 2. The summed E-state index contributed by atoms with van der Waals surface area (Å²) in [5.41, 5.74) is 8.37. The number of nitrogens with one attached hydrogen (secondary N) is 1. The molecular weight excluding hydrogens is 355 g/mol. The number of hydrogen-bond acceptors (Lipinski definition) is 5. The zero-order chi connectivity index (χ0) is 20.0. The number of hydrogen-bond donors (Lipinski definition) is 1. The van der Waals surface area contributed by atoms with E-state index in [4.69, 9.17) is 10.3 Å². The van der Waals surface area contributed by atoms with E-state index in [0.29, 0.717) is 31.9 Å². The lowest BCUT2D eigenvalue weighted by atomic mass is 10.2. The number of rotatable bonds is 4. The minimum Gasteiger partial charge on any atom is -0.444 e. The lowest BCUT2D eigenvalue weighted by Gasteiger charge is -2.36. The lowest BCUT2D eigenvalue weighted by Crippen LogP contribution is -2.51. The Morgan fingerprint density at radius 2 is 1.96 bits per heavy atom. The number of carbonyl (C=O) groups is 2. The highest BCUT2D eigenvalue weighted by Gasteiger charge is 2.24. The Kier molecular flexibility index (Phi) is 6.46. The summed E-state index contributed by atoms with van der Waals surface area (Å²) in [7, 11) is 0. The van der Waals surface area contributed by atoms with Crippen molar-refractivity contribution < 1.29 is 18.7 Å². The van der Waals surface area contributed by atoms with Crippen LogP contribution in [0.15, 0.2) is 23.3 Å². The van der Waals surface area contributed by atoms with Gasteiger partial charge in [-0.2, -0.15) is 0 Å². The average molecular weight is 378 g/mol. The summed E-state index contributed by atoms with van der Waals surface area (Å²) in [6, 6.07) is 4.28. The summed E-state index contributed by atoms with van der Waals surface area (Å²) in [5, 5.41) is 5.81. The van der Waals surface area contributed by atoms with E-state index in [9.17, 15) is 14.0 Å². The van der Waals surface area contributed by atoms with E-state index in [0.717, 1.165) is 0 Å². The molecule has 10 heteroatoms. The number of amides is 2. The van der Waals surface area contributed by atoms with Crippen LogP contribution < -0.4 is 10.2 Å². The van der Waals surface area contributed by atoms with Gasteiger partial charge in [-0.1, -0.05) is 11.2 Å². The molecule has 0 radical (unpaired) electrons. The van der Waals surface area contributed by atoms with Crippen molar-refractivity contribution in [3.8, 4) is 0 Å². The monoisotopic (exact) mass is 378 g/mol. The number of alkyl carbamates (subject to hydrolysis) is 1. The van der Waals surface area contributed by atoms with E-state index in [1.54, 1.807) is 37.8 Å². The first-order chi connectivity index (χ1) is 12.7. The van der Waals surface area contributed by atoms with Crippen LogP contribution >= 0.6 is 0 Å². The maximum absolute atomic E-state index is 14.2. The number of halogens is 1. The summed E-state index contributed by atoms with van der Waals surface area (Å²) in [5.74, 6) is -0.703. The van der Waals surface area contributed by atoms with E-state index < -0.39 is 17.5 Å². The van der Waals surface area contributed by atoms with E-state index in [1.807, 2.05) is 4.90 Å². The zero-order valence-corrected chi connectivity index (χ0v) is 15.6. The van der Waals surface area contributed by atoms with Crippen LogP contribution in [0.2, 0.25) is 0 Å². The van der Waals surface area contributed by atoms with E-state index in [1.165, 1.54) is 6.07 Å². The second-order valence-electron chi connectivity index (χ2n) is 7.05. The second kappa shape index (κ2) is 8.59. The van der Waals surface area contributed by atoms with Crippen molar-refractivity contribution >= 4 is 23.4 Å². The Labute approximate surface area is 156 Å². The van der Waals surface area contributed by atoms with Gasteiger partial charge in [0, 0.05) is 36.8 Å². The molecule has 146 valence electrons. The maximum Gasteiger partial charge on any atom is 0.408 e. The predicted molar refractivity (Wildman–Crippen MR) is 98.2 cm³/mol. The lowest BCUT2D eigenvalue weighted by molar-refractivity contribution is -0.130. The third-order valence-corrected chi connectivity index (χ3v) is 3.85. The Balaban J connectivity index is 1.85. The summed E-state index contributed by atoms with van der Waals surface area (Å²) in [6.45, 7) is 6.80. The van der Waals surface area contributed by atoms with Crippen LogP contribution in [0.1, 0.15) is 20.8 Å². The molecule has 1 heterocycles. The fourth-order valence-corrected chi connectivity index (χ4v) is 2.64. The van der Waals surface area contributed by atoms with Crippen molar-refractivity contribution in [3.63, 3.8) is 0 Å². The number of ether oxygens (including phenoxy) is 1. The number of azide groups is 1. The molecular formula is C17H23FN6O3. The summed E-state index contributed by atoms with van der Waals surface area (Å²) >= 11 is 0. The first kappa shape index (κ1) is 20.3. The molecule has 0 bridgehead atoms. The normalized spacial score (nSPS) is 14.4. The van der Waals surface area contributed by atoms with Gasteiger partial charge in [0.05, 0.1) is 5.69 Å². The molecule has 1 saturated heterocycles. The van der Waals surface area contributed by atoms with Gasteiger partial charge in [0.15, 0.2) is 0 Å². The summed E-state index contributed by atoms with van der Waals surface area (Å²) in [4.78, 5) is 29.9. The van der Waals surface area contributed by atoms with E-state index >= 15 is 0 Å². The van der Waals surface area contributed by atoms with Crippen molar-refractivity contribution in [2.45, 2.75) is 26.4 Å². The number of anilines is 1. The van der Waals surface area contributed by atoms with Crippen LogP contribution in [0.25, 0.3) is 10.4 Å². The molecule has 1 aromatic carbocycles. The molecule has 0 unspecified atom stereocenters. The standard InChI is InChI=1S/C17H23FN6O3/c1-17(2,3)27-16(26)20-11-15(25)24-8-6-23(7-9-24)14-5-4-12(21-22-19)10-13(14)18/h4-5,10H,6-9,11H2,1-3H3,(H,20,26).